The lowest BCUT2D eigenvalue weighted by atomic mass is 9.98. The average Bonchev–Trinajstić information content (AvgIpc) is 3.16. The molecule has 1 amide bonds. The predicted molar refractivity (Wildman–Crippen MR) is 138 cm³/mol. The van der Waals surface area contributed by atoms with Crippen LogP contribution in [0, 0.1) is 0 Å². The van der Waals surface area contributed by atoms with Crippen molar-refractivity contribution in [3.8, 4) is 0 Å². The summed E-state index contributed by atoms with van der Waals surface area (Å²) in [7, 11) is 0. The highest BCUT2D eigenvalue weighted by molar-refractivity contribution is 6.30. The predicted octanol–water partition coefficient (Wildman–Crippen LogP) is 5.50. The van der Waals surface area contributed by atoms with Crippen LogP contribution in [0.3, 0.4) is 0 Å². The van der Waals surface area contributed by atoms with Crippen LogP contribution in [0.1, 0.15) is 53.0 Å². The maximum Gasteiger partial charge on any atom is 0.336 e. The van der Waals surface area contributed by atoms with Gasteiger partial charge in [0.1, 0.15) is 5.92 Å². The van der Waals surface area contributed by atoms with Gasteiger partial charge in [0.2, 0.25) is 0 Å². The summed E-state index contributed by atoms with van der Waals surface area (Å²) < 4.78 is 0. The Hall–Kier alpha value is -5.17. The lowest BCUT2D eigenvalue weighted by molar-refractivity contribution is 0.0692. The number of benzene rings is 4. The van der Waals surface area contributed by atoms with E-state index in [2.05, 4.69) is 10.3 Å². The lowest BCUT2D eigenvalue weighted by Gasteiger charge is -2.12. The molecule has 0 aliphatic heterocycles. The minimum atomic E-state index is -1.21. The van der Waals surface area contributed by atoms with Gasteiger partial charge in [-0.2, -0.15) is 0 Å². The quantitative estimate of drug-likeness (QED) is 0.324. The summed E-state index contributed by atoms with van der Waals surface area (Å²) in [5, 5.41) is 14.6. The number of ketones is 2. The van der Waals surface area contributed by atoms with E-state index in [1.165, 1.54) is 12.1 Å². The molecule has 0 saturated carbocycles. The molecule has 1 heterocycles. The molecule has 0 unspecified atom stereocenters. The number of amides is 1. The molecule has 0 atom stereocenters. The van der Waals surface area contributed by atoms with Crippen LogP contribution in [0.4, 0.5) is 5.69 Å². The van der Waals surface area contributed by atoms with Crippen molar-refractivity contribution in [2.75, 3.05) is 5.32 Å². The number of anilines is 1. The van der Waals surface area contributed by atoms with E-state index in [1.54, 1.807) is 54.6 Å². The van der Waals surface area contributed by atoms with Gasteiger partial charge in [-0.05, 0) is 47.2 Å². The number of hydrogen-bond acceptors (Lipinski definition) is 5. The average molecular weight is 486 g/mol. The van der Waals surface area contributed by atoms with Crippen molar-refractivity contribution in [1.82, 2.24) is 4.98 Å². The fraction of sp³-hybridized carbons (Fsp3) is 0.0333. The fourth-order valence-electron chi connectivity index (χ4n) is 4.83. The van der Waals surface area contributed by atoms with E-state index in [0.717, 1.165) is 10.8 Å². The molecule has 0 radical (unpaired) electrons. The Bertz CT molecular complexity index is 1750. The minimum absolute atomic E-state index is 0.00632. The molecule has 37 heavy (non-hydrogen) atoms. The minimum Gasteiger partial charge on any atom is -0.478 e. The molecule has 1 aliphatic rings. The third kappa shape index (κ3) is 3.65. The maximum absolute atomic E-state index is 13.4. The molecule has 2 N–H and O–H groups in total. The summed E-state index contributed by atoms with van der Waals surface area (Å²) >= 11 is 0. The van der Waals surface area contributed by atoms with Crippen molar-refractivity contribution in [2.24, 2.45) is 0 Å². The number of carbonyl (C=O) groups excluding carboxylic acids is 3. The van der Waals surface area contributed by atoms with Crippen molar-refractivity contribution >= 4 is 50.8 Å². The van der Waals surface area contributed by atoms with Crippen LogP contribution in [0.25, 0.3) is 21.7 Å². The highest BCUT2D eigenvalue weighted by Crippen LogP contribution is 2.36. The molecule has 0 bridgehead atoms. The van der Waals surface area contributed by atoms with Gasteiger partial charge in [0, 0.05) is 16.5 Å². The van der Waals surface area contributed by atoms with E-state index in [-0.39, 0.29) is 28.4 Å². The second-order valence-corrected chi connectivity index (χ2v) is 8.82. The van der Waals surface area contributed by atoms with Crippen molar-refractivity contribution in [3.05, 3.63) is 119 Å². The zero-order valence-corrected chi connectivity index (χ0v) is 19.3. The van der Waals surface area contributed by atoms with Crippen LogP contribution in [-0.2, 0) is 0 Å². The summed E-state index contributed by atoms with van der Waals surface area (Å²) in [6.45, 7) is 0. The molecular formula is C30H18N2O5. The van der Waals surface area contributed by atoms with E-state index >= 15 is 0 Å². The van der Waals surface area contributed by atoms with Gasteiger partial charge in [0.15, 0.2) is 11.6 Å². The van der Waals surface area contributed by atoms with Gasteiger partial charge < -0.3 is 10.4 Å². The number of pyridine rings is 1. The number of hydrogen-bond donors (Lipinski definition) is 2. The normalized spacial score (nSPS) is 13.2. The highest BCUT2D eigenvalue weighted by atomic mass is 16.4. The molecule has 1 aliphatic carbocycles. The molecule has 7 heteroatoms. The van der Waals surface area contributed by atoms with Gasteiger partial charge in [-0.15, -0.1) is 0 Å². The third-order valence-corrected chi connectivity index (χ3v) is 6.63. The number of rotatable bonds is 4. The first-order valence-corrected chi connectivity index (χ1v) is 11.6. The summed E-state index contributed by atoms with van der Waals surface area (Å²) in [5.74, 6) is -3.52. The number of carboxylic acids is 1. The second kappa shape index (κ2) is 8.49. The Kier molecular flexibility index (Phi) is 5.12. The highest BCUT2D eigenvalue weighted by Gasteiger charge is 2.40. The first-order valence-electron chi connectivity index (χ1n) is 11.6. The summed E-state index contributed by atoms with van der Waals surface area (Å²) in [6, 6.07) is 25.5. The molecule has 1 aromatic heterocycles. The van der Waals surface area contributed by atoms with Crippen LogP contribution in [-0.4, -0.2) is 33.5 Å². The van der Waals surface area contributed by atoms with E-state index < -0.39 is 17.8 Å². The number of aromatic nitrogens is 1. The van der Waals surface area contributed by atoms with Crippen LogP contribution in [0.5, 0.6) is 0 Å². The maximum atomic E-state index is 13.4. The van der Waals surface area contributed by atoms with E-state index in [4.69, 9.17) is 0 Å². The van der Waals surface area contributed by atoms with Crippen molar-refractivity contribution < 1.29 is 24.3 Å². The first kappa shape index (κ1) is 22.3. The Morgan fingerprint density at radius 3 is 1.95 bits per heavy atom. The first-order chi connectivity index (χ1) is 17.9. The van der Waals surface area contributed by atoms with Gasteiger partial charge in [-0.3, -0.25) is 14.4 Å². The number of fused-ring (bicyclic) bond motifs is 3. The summed E-state index contributed by atoms with van der Waals surface area (Å²) in [4.78, 5) is 55.9. The SMILES string of the molecule is O=C(O)c1ccccc1C(=O)Nc1cccc2ccc(C3C(=O)c4cc5ccccc5cc4C3=O)nc12. The topological polar surface area (TPSA) is 113 Å². The second-order valence-electron chi connectivity index (χ2n) is 8.82. The van der Waals surface area contributed by atoms with Crippen molar-refractivity contribution in [2.45, 2.75) is 5.92 Å². The Morgan fingerprint density at radius 1 is 0.703 bits per heavy atom. The molecule has 7 nitrogen and oxygen atoms in total. The monoisotopic (exact) mass is 486 g/mol. The largest absolute Gasteiger partial charge is 0.478 e. The summed E-state index contributed by atoms with van der Waals surface area (Å²) in [5.41, 5.74) is 1.65. The Balaban J connectivity index is 1.40. The molecular weight excluding hydrogens is 468 g/mol. The zero-order valence-electron chi connectivity index (χ0n) is 19.3. The number of nitrogens with zero attached hydrogens (tertiary/aromatic N) is 1. The van der Waals surface area contributed by atoms with E-state index in [9.17, 15) is 24.3 Å². The number of carbonyl (C=O) groups is 4. The lowest BCUT2D eigenvalue weighted by Crippen LogP contribution is -2.17. The zero-order chi connectivity index (χ0) is 25.7. The van der Waals surface area contributed by atoms with Crippen molar-refractivity contribution in [1.29, 1.82) is 0 Å². The van der Waals surface area contributed by atoms with Gasteiger partial charge in [-0.1, -0.05) is 54.6 Å². The number of carboxylic acid groups (broad SMARTS) is 1. The van der Waals surface area contributed by atoms with Gasteiger partial charge >= 0.3 is 5.97 Å². The molecule has 0 fully saturated rings. The smallest absolute Gasteiger partial charge is 0.336 e. The van der Waals surface area contributed by atoms with Crippen LogP contribution in [0.2, 0.25) is 0 Å². The number of para-hydroxylation sites is 1. The van der Waals surface area contributed by atoms with Crippen LogP contribution < -0.4 is 5.32 Å². The van der Waals surface area contributed by atoms with E-state index in [1.807, 2.05) is 24.3 Å². The number of nitrogens with one attached hydrogen (secondary N) is 1. The molecule has 5 aromatic rings. The Labute approximate surface area is 210 Å². The number of aromatic carboxylic acids is 1. The van der Waals surface area contributed by atoms with Gasteiger partial charge in [-0.25, -0.2) is 9.78 Å². The third-order valence-electron chi connectivity index (χ3n) is 6.63. The molecule has 0 spiro atoms. The van der Waals surface area contributed by atoms with E-state index in [0.29, 0.717) is 27.7 Å². The number of Topliss-reactive ketones (excluding diaryl/α,β-unsaturated/α-hetero) is 2. The fourth-order valence-corrected chi connectivity index (χ4v) is 4.83. The van der Waals surface area contributed by atoms with Crippen LogP contribution >= 0.6 is 0 Å². The van der Waals surface area contributed by atoms with Gasteiger partial charge in [0.25, 0.3) is 5.91 Å². The molecule has 178 valence electrons. The van der Waals surface area contributed by atoms with Gasteiger partial charge in [0.05, 0.1) is 28.0 Å². The van der Waals surface area contributed by atoms with Crippen LogP contribution in [0.15, 0.2) is 91.0 Å². The van der Waals surface area contributed by atoms with Crippen molar-refractivity contribution in [3.63, 3.8) is 0 Å². The Morgan fingerprint density at radius 2 is 1.30 bits per heavy atom. The molecule has 0 saturated heterocycles. The summed E-state index contributed by atoms with van der Waals surface area (Å²) in [6.07, 6.45) is 0. The molecule has 6 rings (SSSR count). The molecule has 4 aromatic carbocycles. The standard InChI is InChI=1S/C30H18N2O5/c33-27-21-14-17-6-1-2-7-18(17)15-22(21)28(34)25(27)23-13-12-16-8-5-11-24(26(16)31-23)32-29(35)19-9-3-4-10-20(19)30(36)37/h1-15,25H,(H,32,35)(H,36,37).